The Balaban J connectivity index is 2.03. The van der Waals surface area contributed by atoms with Crippen molar-refractivity contribution in [1.82, 2.24) is 14.3 Å². The molecule has 0 atom stereocenters. The van der Waals surface area contributed by atoms with Gasteiger partial charge < -0.3 is 9.30 Å². The molecular weight excluding hydrogens is 214 g/mol. The smallest absolute Gasteiger partial charge is 0.122 e. The summed E-state index contributed by atoms with van der Waals surface area (Å²) in [7, 11) is 2.01. The molecule has 0 saturated heterocycles. The maximum absolute atomic E-state index is 5.48. The van der Waals surface area contributed by atoms with E-state index in [2.05, 4.69) is 21.9 Å². The number of nitrogens with zero attached hydrogens (tertiary/aromatic N) is 3. The van der Waals surface area contributed by atoms with Crippen molar-refractivity contribution in [3.63, 3.8) is 0 Å². The van der Waals surface area contributed by atoms with E-state index >= 15 is 0 Å². The molecule has 0 spiro atoms. The number of hydrogen-bond donors (Lipinski definition) is 0. The van der Waals surface area contributed by atoms with E-state index in [9.17, 15) is 0 Å². The van der Waals surface area contributed by atoms with Crippen LogP contribution in [-0.2, 0) is 31.4 Å². The van der Waals surface area contributed by atoms with Crippen LogP contribution in [0.5, 0.6) is 0 Å². The standard InChI is InChI=1S/C13H17N3O/c1-3-17-9-16-7-6-11-12(16)5-4-10-8-14-15(2)13(10)11/h6-8H,3-5,9H2,1-2H3. The number of fused-ring (bicyclic) bond motifs is 3. The van der Waals surface area contributed by atoms with E-state index in [0.29, 0.717) is 6.73 Å². The van der Waals surface area contributed by atoms with E-state index in [4.69, 9.17) is 4.74 Å². The molecule has 4 nitrogen and oxygen atoms in total. The summed E-state index contributed by atoms with van der Waals surface area (Å²) in [6.45, 7) is 3.43. The zero-order valence-corrected chi connectivity index (χ0v) is 10.3. The average molecular weight is 231 g/mol. The zero-order chi connectivity index (χ0) is 11.8. The van der Waals surface area contributed by atoms with Crippen molar-refractivity contribution in [3.8, 4) is 11.3 Å². The maximum atomic E-state index is 5.48. The van der Waals surface area contributed by atoms with Crippen LogP contribution in [0.15, 0.2) is 18.5 Å². The molecule has 0 bridgehead atoms. The normalized spacial score (nSPS) is 13.5. The number of aromatic nitrogens is 3. The fraction of sp³-hybridized carbons (Fsp3) is 0.462. The minimum atomic E-state index is 0.652. The summed E-state index contributed by atoms with van der Waals surface area (Å²) in [5.74, 6) is 0. The van der Waals surface area contributed by atoms with Crippen LogP contribution in [0.2, 0.25) is 0 Å². The lowest BCUT2D eigenvalue weighted by Crippen LogP contribution is -2.11. The molecule has 0 N–H and O–H groups in total. The lowest BCUT2D eigenvalue weighted by atomic mass is 9.96. The molecule has 0 fully saturated rings. The molecular formula is C13H17N3O. The maximum Gasteiger partial charge on any atom is 0.122 e. The lowest BCUT2D eigenvalue weighted by molar-refractivity contribution is 0.0862. The molecule has 0 aliphatic heterocycles. The molecule has 90 valence electrons. The molecule has 2 aromatic heterocycles. The summed E-state index contributed by atoms with van der Waals surface area (Å²) in [6.07, 6.45) is 6.25. The first-order valence-electron chi connectivity index (χ1n) is 6.08. The summed E-state index contributed by atoms with van der Waals surface area (Å²) >= 11 is 0. The van der Waals surface area contributed by atoms with Gasteiger partial charge in [-0.3, -0.25) is 4.68 Å². The van der Waals surface area contributed by atoms with Gasteiger partial charge in [0.1, 0.15) is 6.73 Å². The van der Waals surface area contributed by atoms with E-state index in [1.165, 1.54) is 22.5 Å². The van der Waals surface area contributed by atoms with Crippen LogP contribution in [0.1, 0.15) is 18.2 Å². The third kappa shape index (κ3) is 1.60. The summed E-state index contributed by atoms with van der Waals surface area (Å²) in [5.41, 5.74) is 5.30. The highest BCUT2D eigenvalue weighted by atomic mass is 16.5. The Bertz CT molecular complexity index is 539. The fourth-order valence-corrected chi connectivity index (χ4v) is 2.58. The van der Waals surface area contributed by atoms with Crippen LogP contribution in [0.25, 0.3) is 11.3 Å². The van der Waals surface area contributed by atoms with Crippen LogP contribution in [-0.4, -0.2) is 21.0 Å². The molecule has 0 unspecified atom stereocenters. The van der Waals surface area contributed by atoms with Crippen molar-refractivity contribution in [3.05, 3.63) is 29.7 Å². The highest BCUT2D eigenvalue weighted by Gasteiger charge is 2.22. The van der Waals surface area contributed by atoms with Gasteiger partial charge in [-0.25, -0.2) is 0 Å². The van der Waals surface area contributed by atoms with Crippen LogP contribution >= 0.6 is 0 Å². The minimum absolute atomic E-state index is 0.652. The first kappa shape index (κ1) is 10.6. The Morgan fingerprint density at radius 3 is 3.12 bits per heavy atom. The van der Waals surface area contributed by atoms with Gasteiger partial charge in [-0.15, -0.1) is 0 Å². The second kappa shape index (κ2) is 4.04. The molecule has 1 aliphatic rings. The van der Waals surface area contributed by atoms with Crippen molar-refractivity contribution < 1.29 is 4.74 Å². The van der Waals surface area contributed by atoms with Gasteiger partial charge in [0.15, 0.2) is 0 Å². The summed E-state index contributed by atoms with van der Waals surface area (Å²) < 4.78 is 9.66. The fourth-order valence-electron chi connectivity index (χ4n) is 2.58. The molecule has 0 saturated carbocycles. The van der Waals surface area contributed by atoms with E-state index in [0.717, 1.165) is 19.4 Å². The van der Waals surface area contributed by atoms with Crippen LogP contribution in [0.4, 0.5) is 0 Å². The average Bonchev–Trinajstić information content (AvgIpc) is 2.90. The molecule has 2 heterocycles. The number of hydrogen-bond acceptors (Lipinski definition) is 2. The SMILES string of the molecule is CCOCn1ccc2c1CCc1cnn(C)c1-2. The monoisotopic (exact) mass is 231 g/mol. The number of aryl methyl sites for hydroxylation is 2. The molecule has 1 aliphatic carbocycles. The predicted molar refractivity (Wildman–Crippen MR) is 65.7 cm³/mol. The topological polar surface area (TPSA) is 32.0 Å². The molecule has 0 radical (unpaired) electrons. The Morgan fingerprint density at radius 1 is 1.41 bits per heavy atom. The molecule has 4 heteroatoms. The second-order valence-corrected chi connectivity index (χ2v) is 4.41. The van der Waals surface area contributed by atoms with Crippen LogP contribution in [0, 0.1) is 0 Å². The van der Waals surface area contributed by atoms with E-state index in [-0.39, 0.29) is 0 Å². The highest BCUT2D eigenvalue weighted by molar-refractivity contribution is 5.68. The largest absolute Gasteiger partial charge is 0.361 e. The molecule has 0 amide bonds. The van der Waals surface area contributed by atoms with Crippen molar-refractivity contribution in [2.24, 2.45) is 7.05 Å². The Kier molecular flexibility index (Phi) is 2.52. The van der Waals surface area contributed by atoms with Gasteiger partial charge in [0.05, 0.1) is 11.9 Å². The van der Waals surface area contributed by atoms with Crippen molar-refractivity contribution in [2.75, 3.05) is 6.61 Å². The number of ether oxygens (including phenoxy) is 1. The van der Waals surface area contributed by atoms with E-state index < -0.39 is 0 Å². The van der Waals surface area contributed by atoms with Gasteiger partial charge in [-0.1, -0.05) is 0 Å². The van der Waals surface area contributed by atoms with Gasteiger partial charge >= 0.3 is 0 Å². The van der Waals surface area contributed by atoms with Crippen molar-refractivity contribution >= 4 is 0 Å². The molecule has 2 aromatic rings. The summed E-state index contributed by atoms with van der Waals surface area (Å²) in [4.78, 5) is 0. The predicted octanol–water partition coefficient (Wildman–Crippen LogP) is 1.98. The van der Waals surface area contributed by atoms with Gasteiger partial charge in [0.2, 0.25) is 0 Å². The van der Waals surface area contributed by atoms with Gasteiger partial charge in [-0.2, -0.15) is 5.10 Å². The van der Waals surface area contributed by atoms with Gasteiger partial charge in [0.25, 0.3) is 0 Å². The summed E-state index contributed by atoms with van der Waals surface area (Å²) in [5, 5.41) is 4.34. The molecule has 0 aromatic carbocycles. The van der Waals surface area contributed by atoms with Crippen LogP contribution < -0.4 is 0 Å². The van der Waals surface area contributed by atoms with Gasteiger partial charge in [0, 0.05) is 31.1 Å². The van der Waals surface area contributed by atoms with Gasteiger partial charge in [-0.05, 0) is 31.4 Å². The Labute approximate surface area is 101 Å². The second-order valence-electron chi connectivity index (χ2n) is 4.41. The van der Waals surface area contributed by atoms with E-state index in [1.54, 1.807) is 0 Å². The van der Waals surface area contributed by atoms with Crippen LogP contribution in [0.3, 0.4) is 0 Å². The Hall–Kier alpha value is -1.55. The molecule has 3 rings (SSSR count). The first-order chi connectivity index (χ1) is 8.31. The first-order valence-corrected chi connectivity index (χ1v) is 6.08. The van der Waals surface area contributed by atoms with Crippen molar-refractivity contribution in [1.29, 1.82) is 0 Å². The zero-order valence-electron chi connectivity index (χ0n) is 10.3. The third-order valence-corrected chi connectivity index (χ3v) is 3.41. The number of rotatable bonds is 3. The quantitative estimate of drug-likeness (QED) is 0.809. The third-order valence-electron chi connectivity index (χ3n) is 3.41. The van der Waals surface area contributed by atoms with E-state index in [1.807, 2.05) is 24.9 Å². The minimum Gasteiger partial charge on any atom is -0.361 e. The van der Waals surface area contributed by atoms with Crippen molar-refractivity contribution in [2.45, 2.75) is 26.5 Å². The Morgan fingerprint density at radius 2 is 2.29 bits per heavy atom. The summed E-state index contributed by atoms with van der Waals surface area (Å²) in [6, 6.07) is 2.17. The lowest BCUT2D eigenvalue weighted by Gasteiger charge is -2.16. The highest BCUT2D eigenvalue weighted by Crippen LogP contribution is 2.33. The molecule has 17 heavy (non-hydrogen) atoms.